The van der Waals surface area contributed by atoms with Gasteiger partial charge in [-0.2, -0.15) is 0 Å². The van der Waals surface area contributed by atoms with E-state index < -0.39 is 0 Å². The van der Waals surface area contributed by atoms with Gasteiger partial charge in [-0.25, -0.2) is 0 Å². The molecule has 2 aromatic carbocycles. The first kappa shape index (κ1) is 14.6. The topological polar surface area (TPSA) is 67.8 Å². The van der Waals surface area contributed by atoms with Crippen LogP contribution in [0.1, 0.15) is 16.7 Å². The summed E-state index contributed by atoms with van der Waals surface area (Å²) < 4.78 is 6.71. The van der Waals surface area contributed by atoms with Crippen LogP contribution in [0, 0.1) is 0 Å². The maximum absolute atomic E-state index is 8.66. The van der Waals surface area contributed by atoms with Crippen LogP contribution in [-0.4, -0.2) is 11.0 Å². The Balaban J connectivity index is 1.96. The molecule has 0 aliphatic rings. The summed E-state index contributed by atoms with van der Waals surface area (Å²) in [6, 6.07) is 15.4. The number of rotatable bonds is 5. The first-order valence-electron chi connectivity index (χ1n) is 6.08. The summed E-state index contributed by atoms with van der Waals surface area (Å²) in [5.41, 5.74) is 8.30. The summed E-state index contributed by atoms with van der Waals surface area (Å²) in [6.07, 6.45) is 0. The molecule has 0 atom stereocenters. The van der Waals surface area contributed by atoms with Crippen molar-refractivity contribution in [2.75, 3.05) is 0 Å². The molecule has 0 amide bonds. The monoisotopic (exact) mass is 334 g/mol. The van der Waals surface area contributed by atoms with Gasteiger partial charge >= 0.3 is 0 Å². The van der Waals surface area contributed by atoms with Crippen LogP contribution in [0.15, 0.2) is 58.2 Å². The number of nitrogens with two attached hydrogens (primary N) is 1. The molecule has 0 saturated heterocycles. The third kappa shape index (κ3) is 3.82. The highest BCUT2D eigenvalue weighted by Crippen LogP contribution is 2.17. The lowest BCUT2D eigenvalue weighted by atomic mass is 10.1. The minimum Gasteiger partial charge on any atom is -0.409 e. The van der Waals surface area contributed by atoms with Crippen LogP contribution in [0.2, 0.25) is 0 Å². The lowest BCUT2D eigenvalue weighted by molar-refractivity contribution is 0.107. The second-order valence-corrected chi connectivity index (χ2v) is 5.12. The van der Waals surface area contributed by atoms with E-state index in [1.54, 1.807) is 6.07 Å². The van der Waals surface area contributed by atoms with Crippen LogP contribution < -0.4 is 5.73 Å². The largest absolute Gasteiger partial charge is 0.409 e. The molecule has 0 bridgehead atoms. The van der Waals surface area contributed by atoms with Crippen LogP contribution in [0.3, 0.4) is 0 Å². The molecule has 0 unspecified atom stereocenters. The molecule has 0 radical (unpaired) electrons. The highest BCUT2D eigenvalue weighted by molar-refractivity contribution is 9.10. The molecule has 2 rings (SSSR count). The zero-order chi connectivity index (χ0) is 14.4. The maximum atomic E-state index is 8.66. The third-order valence-electron chi connectivity index (χ3n) is 2.81. The Kier molecular flexibility index (Phi) is 5.15. The standard InChI is InChI=1S/C15H15BrN2O2/c16-14-7-2-1-5-13(14)10-20-9-11-4-3-6-12(8-11)15(17)18-19/h1-8,19H,9-10H2,(H2,17,18). The van der Waals surface area contributed by atoms with Gasteiger partial charge in [-0.15, -0.1) is 0 Å². The Morgan fingerprint density at radius 2 is 1.95 bits per heavy atom. The van der Waals surface area contributed by atoms with Crippen molar-refractivity contribution in [2.24, 2.45) is 10.9 Å². The third-order valence-corrected chi connectivity index (χ3v) is 3.59. The molecule has 2 aromatic rings. The first-order chi connectivity index (χ1) is 9.70. The number of oxime groups is 1. The molecule has 0 saturated carbocycles. The summed E-state index contributed by atoms with van der Waals surface area (Å²) in [4.78, 5) is 0. The van der Waals surface area contributed by atoms with Crippen molar-refractivity contribution in [1.29, 1.82) is 0 Å². The van der Waals surface area contributed by atoms with Gasteiger partial charge in [0.2, 0.25) is 0 Å². The van der Waals surface area contributed by atoms with Gasteiger partial charge in [-0.3, -0.25) is 0 Å². The lowest BCUT2D eigenvalue weighted by Crippen LogP contribution is -2.13. The van der Waals surface area contributed by atoms with Gasteiger partial charge in [0.25, 0.3) is 0 Å². The van der Waals surface area contributed by atoms with Crippen LogP contribution in [0.4, 0.5) is 0 Å². The number of ether oxygens (including phenoxy) is 1. The van der Waals surface area contributed by atoms with Crippen molar-refractivity contribution in [3.63, 3.8) is 0 Å². The second kappa shape index (κ2) is 7.07. The molecular formula is C15H15BrN2O2. The van der Waals surface area contributed by atoms with E-state index in [4.69, 9.17) is 15.7 Å². The van der Waals surface area contributed by atoms with E-state index in [1.807, 2.05) is 42.5 Å². The highest BCUT2D eigenvalue weighted by Gasteiger charge is 2.02. The highest BCUT2D eigenvalue weighted by atomic mass is 79.9. The molecule has 4 nitrogen and oxygen atoms in total. The van der Waals surface area contributed by atoms with Crippen molar-refractivity contribution in [2.45, 2.75) is 13.2 Å². The van der Waals surface area contributed by atoms with E-state index in [-0.39, 0.29) is 5.84 Å². The first-order valence-corrected chi connectivity index (χ1v) is 6.88. The average molecular weight is 335 g/mol. The number of halogens is 1. The van der Waals surface area contributed by atoms with E-state index in [0.717, 1.165) is 15.6 Å². The molecule has 104 valence electrons. The number of benzene rings is 2. The predicted molar refractivity (Wildman–Crippen MR) is 81.6 cm³/mol. The lowest BCUT2D eigenvalue weighted by Gasteiger charge is -2.07. The molecular weight excluding hydrogens is 320 g/mol. The molecule has 0 aliphatic heterocycles. The van der Waals surface area contributed by atoms with Crippen molar-refractivity contribution in [3.8, 4) is 0 Å². The zero-order valence-corrected chi connectivity index (χ0v) is 12.4. The van der Waals surface area contributed by atoms with Gasteiger partial charge < -0.3 is 15.7 Å². The van der Waals surface area contributed by atoms with Gasteiger partial charge in [0.05, 0.1) is 13.2 Å². The van der Waals surface area contributed by atoms with Crippen LogP contribution in [0.25, 0.3) is 0 Å². The summed E-state index contributed by atoms with van der Waals surface area (Å²) in [5.74, 6) is 0.0950. The molecule has 0 spiro atoms. The molecule has 20 heavy (non-hydrogen) atoms. The van der Waals surface area contributed by atoms with Crippen molar-refractivity contribution >= 4 is 21.8 Å². The normalized spacial score (nSPS) is 11.6. The van der Waals surface area contributed by atoms with Crippen LogP contribution in [-0.2, 0) is 18.0 Å². The van der Waals surface area contributed by atoms with E-state index >= 15 is 0 Å². The Morgan fingerprint density at radius 1 is 1.15 bits per heavy atom. The second-order valence-electron chi connectivity index (χ2n) is 4.27. The zero-order valence-electron chi connectivity index (χ0n) is 10.8. The summed E-state index contributed by atoms with van der Waals surface area (Å²) >= 11 is 3.48. The van der Waals surface area contributed by atoms with Crippen LogP contribution >= 0.6 is 15.9 Å². The van der Waals surface area contributed by atoms with Crippen LogP contribution in [0.5, 0.6) is 0 Å². The SMILES string of the molecule is N/C(=N/O)c1cccc(COCc2ccccc2Br)c1. The van der Waals surface area contributed by atoms with E-state index in [9.17, 15) is 0 Å². The minimum atomic E-state index is 0.0950. The van der Waals surface area contributed by atoms with Crippen molar-refractivity contribution in [1.82, 2.24) is 0 Å². The number of amidine groups is 1. The van der Waals surface area contributed by atoms with Gasteiger partial charge in [-0.1, -0.05) is 57.5 Å². The number of hydrogen-bond donors (Lipinski definition) is 2. The van der Waals surface area contributed by atoms with E-state index in [0.29, 0.717) is 18.8 Å². The molecule has 5 heteroatoms. The molecule has 0 aliphatic carbocycles. The van der Waals surface area contributed by atoms with Gasteiger partial charge in [0.15, 0.2) is 5.84 Å². The Hall–Kier alpha value is -1.85. The Bertz CT molecular complexity index is 614. The summed E-state index contributed by atoms with van der Waals surface area (Å²) in [7, 11) is 0. The minimum absolute atomic E-state index is 0.0950. The maximum Gasteiger partial charge on any atom is 0.170 e. The molecule has 3 N–H and O–H groups in total. The van der Waals surface area contributed by atoms with E-state index in [1.165, 1.54) is 0 Å². The number of nitrogens with zero attached hydrogens (tertiary/aromatic N) is 1. The smallest absolute Gasteiger partial charge is 0.170 e. The summed E-state index contributed by atoms with van der Waals surface area (Å²) in [6.45, 7) is 0.989. The molecule has 0 heterocycles. The molecule has 0 fully saturated rings. The Labute approximate surface area is 126 Å². The number of hydrogen-bond acceptors (Lipinski definition) is 3. The molecule has 0 aromatic heterocycles. The fourth-order valence-corrected chi connectivity index (χ4v) is 2.17. The van der Waals surface area contributed by atoms with Crippen molar-refractivity contribution in [3.05, 3.63) is 69.7 Å². The van der Waals surface area contributed by atoms with E-state index in [2.05, 4.69) is 21.1 Å². The van der Waals surface area contributed by atoms with Crippen molar-refractivity contribution < 1.29 is 9.94 Å². The quantitative estimate of drug-likeness (QED) is 0.381. The average Bonchev–Trinajstić information content (AvgIpc) is 2.49. The van der Waals surface area contributed by atoms with Gasteiger partial charge in [0.1, 0.15) is 0 Å². The van der Waals surface area contributed by atoms with Gasteiger partial charge in [0, 0.05) is 10.0 Å². The summed E-state index contributed by atoms with van der Waals surface area (Å²) in [5, 5.41) is 11.6. The predicted octanol–water partition coefficient (Wildman–Crippen LogP) is 3.26. The Morgan fingerprint density at radius 3 is 2.70 bits per heavy atom. The fourth-order valence-electron chi connectivity index (χ4n) is 1.77. The fraction of sp³-hybridized carbons (Fsp3) is 0.133. The van der Waals surface area contributed by atoms with Gasteiger partial charge in [-0.05, 0) is 23.3 Å².